The molecule has 0 unspecified atom stereocenters. The van der Waals surface area contributed by atoms with Crippen molar-refractivity contribution >= 4 is 27.5 Å². The lowest BCUT2D eigenvalue weighted by molar-refractivity contribution is -0.149. The maximum atomic E-state index is 12.4. The van der Waals surface area contributed by atoms with E-state index in [2.05, 4.69) is 9.97 Å². The van der Waals surface area contributed by atoms with Gasteiger partial charge in [-0.1, -0.05) is 37.3 Å². The van der Waals surface area contributed by atoms with E-state index in [-0.39, 0.29) is 23.9 Å². The fourth-order valence-corrected chi connectivity index (χ4v) is 3.95. The normalized spacial score (nSPS) is 13.5. The van der Waals surface area contributed by atoms with Crippen LogP contribution in [-0.4, -0.2) is 15.9 Å². The molecule has 0 saturated heterocycles. The molecule has 0 radical (unpaired) electrons. The van der Waals surface area contributed by atoms with E-state index in [0.29, 0.717) is 16.0 Å². The third kappa shape index (κ3) is 3.70. The van der Waals surface area contributed by atoms with Gasteiger partial charge in [0.15, 0.2) is 11.9 Å². The number of carbonyl (C=O) groups excluding carboxylic acids is 1. The van der Waals surface area contributed by atoms with Crippen LogP contribution in [0.5, 0.6) is 0 Å². The predicted molar refractivity (Wildman–Crippen MR) is 104 cm³/mol. The largest absolute Gasteiger partial charge is 0.454 e. The van der Waals surface area contributed by atoms with Crippen LogP contribution in [0.25, 0.3) is 10.2 Å². The molecule has 3 aromatic rings. The average Bonchev–Trinajstić information content (AvgIpc) is 2.90. The summed E-state index contributed by atoms with van der Waals surface area (Å²) < 4.78 is 5.50. The summed E-state index contributed by atoms with van der Waals surface area (Å²) in [5.41, 5.74) is 1.86. The zero-order chi connectivity index (χ0) is 18.8. The summed E-state index contributed by atoms with van der Waals surface area (Å²) in [7, 11) is 0. The zero-order valence-corrected chi connectivity index (χ0v) is 16.1. The Kier molecular flexibility index (Phi) is 5.23. The highest BCUT2D eigenvalue weighted by Gasteiger charge is 2.19. The topological polar surface area (TPSA) is 72.0 Å². The molecule has 0 fully saturated rings. The first-order chi connectivity index (χ1) is 12.4. The standard InChI is InChI=1S/C20H22N2O3S/c1-11(15-8-6-5-7-9-15)10-16(23)25-13(3)18-21-19(24)17-12(2)14(4)26-20(17)22-18/h5-9,11,13H,10H2,1-4H3,(H,21,22,24)/t11-,13+/m0/s1. The number of hydrogen-bond acceptors (Lipinski definition) is 5. The second-order valence-electron chi connectivity index (χ2n) is 6.56. The van der Waals surface area contributed by atoms with Crippen molar-refractivity contribution in [1.29, 1.82) is 0 Å². The number of esters is 1. The number of nitrogens with zero attached hydrogens (tertiary/aromatic N) is 1. The summed E-state index contributed by atoms with van der Waals surface area (Å²) in [6.45, 7) is 7.60. The maximum Gasteiger partial charge on any atom is 0.307 e. The number of thiophene rings is 1. The highest BCUT2D eigenvalue weighted by atomic mass is 32.1. The van der Waals surface area contributed by atoms with Gasteiger partial charge in [0.05, 0.1) is 11.8 Å². The fraction of sp³-hybridized carbons (Fsp3) is 0.350. The molecule has 0 aliphatic heterocycles. The van der Waals surface area contributed by atoms with Crippen LogP contribution in [0, 0.1) is 13.8 Å². The number of nitrogens with one attached hydrogen (secondary N) is 1. The number of rotatable bonds is 5. The number of fused-ring (bicyclic) bond motifs is 1. The molecule has 0 amide bonds. The van der Waals surface area contributed by atoms with Gasteiger partial charge in [-0.25, -0.2) is 4.98 Å². The van der Waals surface area contributed by atoms with E-state index in [9.17, 15) is 9.59 Å². The lowest BCUT2D eigenvalue weighted by Crippen LogP contribution is -2.18. The van der Waals surface area contributed by atoms with E-state index >= 15 is 0 Å². The first-order valence-electron chi connectivity index (χ1n) is 8.61. The predicted octanol–water partition coefficient (Wildman–Crippen LogP) is 4.40. The quantitative estimate of drug-likeness (QED) is 0.676. The van der Waals surface area contributed by atoms with Crippen molar-refractivity contribution in [3.8, 4) is 0 Å². The first-order valence-corrected chi connectivity index (χ1v) is 9.42. The molecule has 2 heterocycles. The summed E-state index contributed by atoms with van der Waals surface area (Å²) >= 11 is 1.48. The molecule has 1 aromatic carbocycles. The van der Waals surface area contributed by atoms with Gasteiger partial charge in [0.25, 0.3) is 5.56 Å². The van der Waals surface area contributed by atoms with Crippen LogP contribution in [0.2, 0.25) is 0 Å². The maximum absolute atomic E-state index is 12.4. The molecule has 0 bridgehead atoms. The Morgan fingerprint density at radius 2 is 1.92 bits per heavy atom. The molecule has 5 nitrogen and oxygen atoms in total. The van der Waals surface area contributed by atoms with Crippen molar-refractivity contribution in [3.05, 3.63) is 62.5 Å². The van der Waals surface area contributed by atoms with Crippen LogP contribution in [0.15, 0.2) is 35.1 Å². The van der Waals surface area contributed by atoms with E-state index in [0.717, 1.165) is 16.0 Å². The van der Waals surface area contributed by atoms with Gasteiger partial charge >= 0.3 is 5.97 Å². The van der Waals surface area contributed by atoms with E-state index in [1.165, 1.54) is 11.3 Å². The van der Waals surface area contributed by atoms with Gasteiger partial charge in [0.1, 0.15) is 4.83 Å². The number of benzene rings is 1. The van der Waals surface area contributed by atoms with E-state index in [4.69, 9.17) is 4.74 Å². The second kappa shape index (κ2) is 7.41. The summed E-state index contributed by atoms with van der Waals surface area (Å²) in [5, 5.41) is 0.618. The lowest BCUT2D eigenvalue weighted by Gasteiger charge is -2.15. The van der Waals surface area contributed by atoms with Gasteiger partial charge < -0.3 is 9.72 Å². The third-order valence-corrected chi connectivity index (χ3v) is 5.69. The van der Waals surface area contributed by atoms with Crippen molar-refractivity contribution in [2.75, 3.05) is 0 Å². The van der Waals surface area contributed by atoms with Crippen molar-refractivity contribution in [1.82, 2.24) is 9.97 Å². The molecule has 136 valence electrons. The molecule has 6 heteroatoms. The second-order valence-corrected chi connectivity index (χ2v) is 7.77. The van der Waals surface area contributed by atoms with Gasteiger partial charge in [-0.15, -0.1) is 11.3 Å². The van der Waals surface area contributed by atoms with Crippen molar-refractivity contribution in [2.24, 2.45) is 0 Å². The first kappa shape index (κ1) is 18.3. The minimum atomic E-state index is -0.606. The summed E-state index contributed by atoms with van der Waals surface area (Å²) in [4.78, 5) is 33.6. The number of hydrogen-bond donors (Lipinski definition) is 1. The van der Waals surface area contributed by atoms with Crippen LogP contribution >= 0.6 is 11.3 Å². The minimum Gasteiger partial charge on any atom is -0.454 e. The summed E-state index contributed by atoms with van der Waals surface area (Å²) in [5.74, 6) is 0.132. The SMILES string of the molecule is Cc1sc2nc([C@@H](C)OC(=O)C[C@H](C)c3ccccc3)[nH]c(=O)c2c1C. The summed E-state index contributed by atoms with van der Waals surface area (Å²) in [6, 6.07) is 9.84. The van der Waals surface area contributed by atoms with Gasteiger partial charge in [0, 0.05) is 4.88 Å². The Hall–Kier alpha value is -2.47. The van der Waals surface area contributed by atoms with E-state index in [1.54, 1.807) is 6.92 Å². The van der Waals surface area contributed by atoms with Gasteiger partial charge in [-0.3, -0.25) is 9.59 Å². The highest BCUT2D eigenvalue weighted by Crippen LogP contribution is 2.27. The Morgan fingerprint density at radius 1 is 1.23 bits per heavy atom. The molecule has 2 atom stereocenters. The number of aromatic amines is 1. The molecule has 26 heavy (non-hydrogen) atoms. The number of ether oxygens (including phenoxy) is 1. The average molecular weight is 370 g/mol. The van der Waals surface area contributed by atoms with Crippen LogP contribution in [-0.2, 0) is 9.53 Å². The number of carbonyl (C=O) groups is 1. The molecule has 1 N–H and O–H groups in total. The highest BCUT2D eigenvalue weighted by molar-refractivity contribution is 7.18. The third-order valence-electron chi connectivity index (χ3n) is 4.59. The van der Waals surface area contributed by atoms with Gasteiger partial charge in [-0.2, -0.15) is 0 Å². The minimum absolute atomic E-state index is 0.0629. The lowest BCUT2D eigenvalue weighted by atomic mass is 9.98. The van der Waals surface area contributed by atoms with Crippen LogP contribution in [0.1, 0.15) is 54.1 Å². The van der Waals surface area contributed by atoms with Crippen molar-refractivity contribution < 1.29 is 9.53 Å². The van der Waals surface area contributed by atoms with E-state index in [1.807, 2.05) is 51.1 Å². The fourth-order valence-electron chi connectivity index (χ4n) is 2.91. The molecule has 0 spiro atoms. The monoisotopic (exact) mass is 370 g/mol. The Labute approximate surface area is 156 Å². The number of H-pyrrole nitrogens is 1. The number of aryl methyl sites for hydroxylation is 2. The molecule has 0 aliphatic carbocycles. The Bertz CT molecular complexity index is 991. The van der Waals surface area contributed by atoms with Crippen LogP contribution in [0.3, 0.4) is 0 Å². The Morgan fingerprint density at radius 3 is 2.62 bits per heavy atom. The van der Waals surface area contributed by atoms with Crippen molar-refractivity contribution in [3.63, 3.8) is 0 Å². The molecule has 3 rings (SSSR count). The molecule has 2 aromatic heterocycles. The molecule has 0 saturated carbocycles. The molecular formula is C20H22N2O3S. The van der Waals surface area contributed by atoms with Crippen molar-refractivity contribution in [2.45, 2.75) is 46.1 Å². The Balaban J connectivity index is 1.73. The smallest absolute Gasteiger partial charge is 0.307 e. The molecule has 0 aliphatic rings. The van der Waals surface area contributed by atoms with E-state index < -0.39 is 6.10 Å². The molecular weight excluding hydrogens is 348 g/mol. The van der Waals surface area contributed by atoms with Crippen LogP contribution in [0.4, 0.5) is 0 Å². The zero-order valence-electron chi connectivity index (χ0n) is 15.3. The van der Waals surface area contributed by atoms with Crippen LogP contribution < -0.4 is 5.56 Å². The van der Waals surface area contributed by atoms with Gasteiger partial charge in [-0.05, 0) is 37.8 Å². The number of aromatic nitrogens is 2. The summed E-state index contributed by atoms with van der Waals surface area (Å²) in [6.07, 6.45) is -0.330. The van der Waals surface area contributed by atoms with Gasteiger partial charge in [0.2, 0.25) is 0 Å².